The first-order chi connectivity index (χ1) is 12.6. The molecule has 2 aromatic rings. The molecule has 5 nitrogen and oxygen atoms in total. The second kappa shape index (κ2) is 8.10. The van der Waals surface area contributed by atoms with Crippen molar-refractivity contribution in [3.05, 3.63) is 71.8 Å². The molecule has 0 aliphatic heterocycles. The van der Waals surface area contributed by atoms with Crippen molar-refractivity contribution in [2.75, 3.05) is 6.61 Å². The smallest absolute Gasteiger partial charge is 0.338 e. The highest BCUT2D eigenvalue weighted by Gasteiger charge is 2.45. The normalized spacial score (nSPS) is 24.8. The zero-order valence-electron chi connectivity index (χ0n) is 14.1. The molecule has 1 aliphatic rings. The Bertz CT molecular complexity index is 753. The van der Waals surface area contributed by atoms with Crippen LogP contribution in [0.1, 0.15) is 27.1 Å². The van der Waals surface area contributed by atoms with Crippen LogP contribution >= 0.6 is 0 Å². The Kier molecular flexibility index (Phi) is 5.63. The van der Waals surface area contributed by atoms with E-state index >= 15 is 0 Å². The first kappa shape index (κ1) is 18.1. The fourth-order valence-corrected chi connectivity index (χ4v) is 3.04. The molecular formula is C20H20FNO4. The SMILES string of the molecule is N[C@H]1C[C@H](OC(=O)c2ccccc2)[C@@H](COC(=O)c2ccccc2)[C@@H]1F. The molecule has 136 valence electrons. The number of carbonyl (C=O) groups is 2. The van der Waals surface area contributed by atoms with Gasteiger partial charge in [0, 0.05) is 12.5 Å². The Balaban J connectivity index is 1.64. The van der Waals surface area contributed by atoms with Crippen LogP contribution in [0.4, 0.5) is 4.39 Å². The zero-order valence-corrected chi connectivity index (χ0v) is 14.1. The van der Waals surface area contributed by atoms with Crippen LogP contribution in [0.3, 0.4) is 0 Å². The zero-order chi connectivity index (χ0) is 18.5. The summed E-state index contributed by atoms with van der Waals surface area (Å²) in [5, 5.41) is 0. The van der Waals surface area contributed by atoms with Crippen LogP contribution in [0, 0.1) is 5.92 Å². The average Bonchev–Trinajstić information content (AvgIpc) is 2.94. The summed E-state index contributed by atoms with van der Waals surface area (Å²) in [6.07, 6.45) is -1.96. The molecule has 1 fully saturated rings. The van der Waals surface area contributed by atoms with Crippen LogP contribution in [0.15, 0.2) is 60.7 Å². The van der Waals surface area contributed by atoms with Gasteiger partial charge >= 0.3 is 11.9 Å². The van der Waals surface area contributed by atoms with Crippen molar-refractivity contribution < 1.29 is 23.5 Å². The van der Waals surface area contributed by atoms with Gasteiger partial charge in [-0.25, -0.2) is 14.0 Å². The van der Waals surface area contributed by atoms with Crippen LogP contribution in [0.5, 0.6) is 0 Å². The molecule has 0 aromatic heterocycles. The number of hydrogen-bond donors (Lipinski definition) is 1. The number of ether oxygens (including phenoxy) is 2. The quantitative estimate of drug-likeness (QED) is 0.833. The summed E-state index contributed by atoms with van der Waals surface area (Å²) in [4.78, 5) is 24.3. The number of benzene rings is 2. The van der Waals surface area contributed by atoms with Crippen LogP contribution in [0.25, 0.3) is 0 Å². The Labute approximate surface area is 150 Å². The predicted octanol–water partition coefficient (Wildman–Crippen LogP) is 2.75. The molecule has 2 aromatic carbocycles. The molecule has 3 rings (SSSR count). The molecule has 1 saturated carbocycles. The topological polar surface area (TPSA) is 78.6 Å². The molecule has 1 aliphatic carbocycles. The second-order valence-electron chi connectivity index (χ2n) is 6.28. The van der Waals surface area contributed by atoms with Gasteiger partial charge in [-0.05, 0) is 24.3 Å². The summed E-state index contributed by atoms with van der Waals surface area (Å²) >= 11 is 0. The maximum absolute atomic E-state index is 14.4. The number of esters is 2. The van der Waals surface area contributed by atoms with E-state index in [9.17, 15) is 14.0 Å². The fourth-order valence-electron chi connectivity index (χ4n) is 3.04. The van der Waals surface area contributed by atoms with Crippen molar-refractivity contribution in [3.8, 4) is 0 Å². The molecule has 0 spiro atoms. The summed E-state index contributed by atoms with van der Waals surface area (Å²) in [5.74, 6) is -1.88. The average molecular weight is 357 g/mol. The third kappa shape index (κ3) is 4.08. The maximum Gasteiger partial charge on any atom is 0.338 e. The molecule has 0 radical (unpaired) electrons. The highest BCUT2D eigenvalue weighted by atomic mass is 19.1. The number of alkyl halides is 1. The standard InChI is InChI=1S/C20H20FNO4/c21-18-15(12-25-19(23)13-7-3-1-4-8-13)17(11-16(18)22)26-20(24)14-9-5-2-6-10-14/h1-10,15-18H,11-12,22H2/t15-,16+,17+,18+/m1/s1. The van der Waals surface area contributed by atoms with Crippen molar-refractivity contribution in [2.45, 2.75) is 24.7 Å². The van der Waals surface area contributed by atoms with Gasteiger partial charge in [0.25, 0.3) is 0 Å². The van der Waals surface area contributed by atoms with Gasteiger partial charge in [-0.3, -0.25) is 0 Å². The number of nitrogens with two attached hydrogens (primary N) is 1. The molecule has 6 heteroatoms. The minimum atomic E-state index is -1.41. The summed E-state index contributed by atoms with van der Waals surface area (Å²) < 4.78 is 25.1. The Morgan fingerprint density at radius 2 is 1.50 bits per heavy atom. The molecular weight excluding hydrogens is 337 g/mol. The van der Waals surface area contributed by atoms with Gasteiger partial charge in [0.1, 0.15) is 18.9 Å². The molecule has 0 bridgehead atoms. The predicted molar refractivity (Wildman–Crippen MR) is 93.3 cm³/mol. The highest BCUT2D eigenvalue weighted by molar-refractivity contribution is 5.90. The number of rotatable bonds is 5. The number of halogens is 1. The van der Waals surface area contributed by atoms with Crippen LogP contribution in [0.2, 0.25) is 0 Å². The van der Waals surface area contributed by atoms with E-state index < -0.39 is 36.2 Å². The summed E-state index contributed by atoms with van der Waals surface area (Å²) in [6.45, 7) is -0.199. The van der Waals surface area contributed by atoms with E-state index in [0.717, 1.165) is 0 Å². The lowest BCUT2D eigenvalue weighted by Gasteiger charge is -2.21. The first-order valence-electron chi connectivity index (χ1n) is 8.44. The van der Waals surface area contributed by atoms with Crippen molar-refractivity contribution in [3.63, 3.8) is 0 Å². The molecule has 0 heterocycles. The third-order valence-corrected chi connectivity index (χ3v) is 4.48. The highest BCUT2D eigenvalue weighted by Crippen LogP contribution is 2.32. The van der Waals surface area contributed by atoms with E-state index in [4.69, 9.17) is 15.2 Å². The van der Waals surface area contributed by atoms with Crippen LogP contribution in [-0.4, -0.2) is 36.9 Å². The minimum Gasteiger partial charge on any atom is -0.462 e. The van der Waals surface area contributed by atoms with Gasteiger partial charge in [0.2, 0.25) is 0 Å². The minimum absolute atomic E-state index is 0.188. The van der Waals surface area contributed by atoms with Crippen LogP contribution in [-0.2, 0) is 9.47 Å². The summed E-state index contributed by atoms with van der Waals surface area (Å²) in [7, 11) is 0. The number of hydrogen-bond acceptors (Lipinski definition) is 5. The van der Waals surface area contributed by atoms with Crippen LogP contribution < -0.4 is 5.73 Å². The van der Waals surface area contributed by atoms with Gasteiger partial charge < -0.3 is 15.2 Å². The molecule has 0 unspecified atom stereocenters. The lowest BCUT2D eigenvalue weighted by molar-refractivity contribution is -0.00418. The van der Waals surface area contributed by atoms with Crippen molar-refractivity contribution in [2.24, 2.45) is 11.7 Å². The van der Waals surface area contributed by atoms with E-state index in [0.29, 0.717) is 11.1 Å². The molecule has 2 N–H and O–H groups in total. The van der Waals surface area contributed by atoms with Crippen molar-refractivity contribution in [1.82, 2.24) is 0 Å². The second-order valence-corrected chi connectivity index (χ2v) is 6.28. The van der Waals surface area contributed by atoms with Gasteiger partial charge in [-0.1, -0.05) is 36.4 Å². The maximum atomic E-state index is 14.4. The van der Waals surface area contributed by atoms with E-state index in [1.54, 1.807) is 60.7 Å². The third-order valence-electron chi connectivity index (χ3n) is 4.48. The number of carbonyl (C=O) groups excluding carboxylic acids is 2. The molecule has 0 amide bonds. The van der Waals surface area contributed by atoms with E-state index in [2.05, 4.69) is 0 Å². The van der Waals surface area contributed by atoms with Gasteiger partial charge in [0.15, 0.2) is 0 Å². The van der Waals surface area contributed by atoms with Crippen molar-refractivity contribution in [1.29, 1.82) is 0 Å². The van der Waals surface area contributed by atoms with Gasteiger partial charge in [-0.2, -0.15) is 0 Å². The Hall–Kier alpha value is -2.73. The Morgan fingerprint density at radius 1 is 0.962 bits per heavy atom. The van der Waals surface area contributed by atoms with Crippen molar-refractivity contribution >= 4 is 11.9 Å². The largest absolute Gasteiger partial charge is 0.462 e. The summed E-state index contributed by atoms with van der Waals surface area (Å²) in [6, 6.07) is 16.1. The van der Waals surface area contributed by atoms with Gasteiger partial charge in [-0.15, -0.1) is 0 Å². The summed E-state index contributed by atoms with van der Waals surface area (Å²) in [5.41, 5.74) is 6.54. The molecule has 4 atom stereocenters. The van der Waals surface area contributed by atoms with E-state index in [1.165, 1.54) is 0 Å². The first-order valence-corrected chi connectivity index (χ1v) is 8.44. The lowest BCUT2D eigenvalue weighted by atomic mass is 10.1. The Morgan fingerprint density at radius 3 is 2.08 bits per heavy atom. The van der Waals surface area contributed by atoms with E-state index in [-0.39, 0.29) is 13.0 Å². The van der Waals surface area contributed by atoms with E-state index in [1.807, 2.05) is 0 Å². The monoisotopic (exact) mass is 357 g/mol. The molecule has 26 heavy (non-hydrogen) atoms. The molecule has 0 saturated heterocycles. The fraction of sp³-hybridized carbons (Fsp3) is 0.300. The lowest BCUT2D eigenvalue weighted by Crippen LogP contribution is -2.33. The van der Waals surface area contributed by atoms with Gasteiger partial charge in [0.05, 0.1) is 17.0 Å².